The van der Waals surface area contributed by atoms with Crippen molar-refractivity contribution in [1.82, 2.24) is 4.31 Å². The van der Waals surface area contributed by atoms with E-state index in [1.165, 1.54) is 15.6 Å². The Morgan fingerprint density at radius 2 is 1.87 bits per heavy atom. The van der Waals surface area contributed by atoms with Crippen LogP contribution in [0.4, 0.5) is 5.69 Å². The SMILES string of the molecule is C[C@@H]1Cc2ccccc2N1C(=O)COC(=O)C1CCN(S(=O)(=O)c2cccs2)CC1. The normalized spacial score (nSPS) is 20.2. The number of sulfonamides is 1. The molecular weight excluding hydrogens is 424 g/mol. The van der Waals surface area contributed by atoms with E-state index in [4.69, 9.17) is 4.74 Å². The number of para-hydroxylation sites is 1. The predicted molar refractivity (Wildman–Crippen MR) is 114 cm³/mol. The van der Waals surface area contributed by atoms with Crippen LogP contribution in [0.5, 0.6) is 0 Å². The summed E-state index contributed by atoms with van der Waals surface area (Å²) in [6.45, 7) is 2.21. The molecule has 0 saturated carbocycles. The van der Waals surface area contributed by atoms with Crippen LogP contribution in [0.1, 0.15) is 25.3 Å². The molecule has 1 aromatic heterocycles. The first-order chi connectivity index (χ1) is 14.4. The lowest BCUT2D eigenvalue weighted by atomic mass is 9.98. The second-order valence-electron chi connectivity index (χ2n) is 7.66. The number of amides is 1. The molecule has 2 aromatic rings. The maximum absolute atomic E-state index is 12.7. The molecule has 160 valence electrons. The summed E-state index contributed by atoms with van der Waals surface area (Å²) in [4.78, 5) is 26.8. The van der Waals surface area contributed by atoms with E-state index in [-0.39, 0.29) is 31.6 Å². The van der Waals surface area contributed by atoms with E-state index in [1.807, 2.05) is 31.2 Å². The molecule has 0 spiro atoms. The van der Waals surface area contributed by atoms with Gasteiger partial charge in [0.05, 0.1) is 5.92 Å². The second-order valence-corrected chi connectivity index (χ2v) is 10.8. The minimum absolute atomic E-state index is 0.0271. The quantitative estimate of drug-likeness (QED) is 0.657. The maximum atomic E-state index is 12.7. The molecule has 0 N–H and O–H groups in total. The lowest BCUT2D eigenvalue weighted by Gasteiger charge is -2.30. The van der Waals surface area contributed by atoms with E-state index in [1.54, 1.807) is 22.4 Å². The molecule has 1 aromatic carbocycles. The Bertz CT molecular complexity index is 1030. The van der Waals surface area contributed by atoms with E-state index in [9.17, 15) is 18.0 Å². The van der Waals surface area contributed by atoms with Gasteiger partial charge in [-0.05, 0) is 49.3 Å². The molecule has 7 nitrogen and oxygen atoms in total. The van der Waals surface area contributed by atoms with Crippen molar-refractivity contribution >= 4 is 38.9 Å². The highest BCUT2D eigenvalue weighted by Gasteiger charge is 2.35. The number of carbonyl (C=O) groups is 2. The van der Waals surface area contributed by atoms with Gasteiger partial charge >= 0.3 is 5.97 Å². The van der Waals surface area contributed by atoms with E-state index in [0.717, 1.165) is 17.7 Å². The summed E-state index contributed by atoms with van der Waals surface area (Å²) in [5, 5.41) is 1.73. The van der Waals surface area contributed by atoms with Crippen molar-refractivity contribution in [1.29, 1.82) is 0 Å². The third kappa shape index (κ3) is 4.01. The number of nitrogens with zero attached hydrogens (tertiary/aromatic N) is 2. The van der Waals surface area contributed by atoms with Gasteiger partial charge in [0.1, 0.15) is 4.21 Å². The first-order valence-corrected chi connectivity index (χ1v) is 12.3. The van der Waals surface area contributed by atoms with Crippen molar-refractivity contribution in [3.05, 3.63) is 47.3 Å². The molecule has 0 radical (unpaired) electrons. The number of esters is 1. The lowest BCUT2D eigenvalue weighted by Crippen LogP contribution is -2.42. The highest BCUT2D eigenvalue weighted by atomic mass is 32.2. The summed E-state index contributed by atoms with van der Waals surface area (Å²) in [6.07, 6.45) is 1.56. The Morgan fingerprint density at radius 1 is 1.13 bits per heavy atom. The van der Waals surface area contributed by atoms with Gasteiger partial charge in [0.25, 0.3) is 15.9 Å². The summed E-state index contributed by atoms with van der Waals surface area (Å²) in [5.41, 5.74) is 1.99. The van der Waals surface area contributed by atoms with Gasteiger partial charge in [0.2, 0.25) is 0 Å². The van der Waals surface area contributed by atoms with Gasteiger partial charge < -0.3 is 9.64 Å². The number of rotatable bonds is 5. The second kappa shape index (κ2) is 8.49. The Labute approximate surface area is 180 Å². The van der Waals surface area contributed by atoms with E-state index in [2.05, 4.69) is 0 Å². The lowest BCUT2D eigenvalue weighted by molar-refractivity contribution is -0.153. The van der Waals surface area contributed by atoms with Gasteiger partial charge in [0.15, 0.2) is 6.61 Å². The molecule has 1 atom stereocenters. The van der Waals surface area contributed by atoms with Crippen molar-refractivity contribution in [3.63, 3.8) is 0 Å². The first kappa shape index (κ1) is 21.0. The van der Waals surface area contributed by atoms with Crippen LogP contribution in [-0.2, 0) is 30.8 Å². The van der Waals surface area contributed by atoms with Gasteiger partial charge in [-0.15, -0.1) is 11.3 Å². The molecule has 3 heterocycles. The number of ether oxygens (including phenoxy) is 1. The van der Waals surface area contributed by atoms with Gasteiger partial charge in [-0.3, -0.25) is 9.59 Å². The smallest absolute Gasteiger partial charge is 0.309 e. The van der Waals surface area contributed by atoms with Crippen LogP contribution in [0, 0.1) is 5.92 Å². The fourth-order valence-corrected chi connectivity index (χ4v) is 6.75. The summed E-state index contributed by atoms with van der Waals surface area (Å²) < 4.78 is 32.2. The van der Waals surface area contributed by atoms with Gasteiger partial charge in [-0.2, -0.15) is 4.31 Å². The number of hydrogen-bond donors (Lipinski definition) is 0. The molecule has 0 aliphatic carbocycles. The number of piperidine rings is 1. The monoisotopic (exact) mass is 448 g/mol. The van der Waals surface area contributed by atoms with E-state index < -0.39 is 21.9 Å². The van der Waals surface area contributed by atoms with Crippen molar-refractivity contribution in [3.8, 4) is 0 Å². The number of hydrogen-bond acceptors (Lipinski definition) is 6. The zero-order valence-electron chi connectivity index (χ0n) is 16.7. The fourth-order valence-electron chi connectivity index (χ4n) is 4.14. The minimum Gasteiger partial charge on any atom is -0.455 e. The van der Waals surface area contributed by atoms with Crippen molar-refractivity contribution < 1.29 is 22.7 Å². The Hall–Kier alpha value is -2.23. The van der Waals surface area contributed by atoms with Gasteiger partial charge in [-0.1, -0.05) is 24.3 Å². The van der Waals surface area contributed by atoms with Crippen LogP contribution in [0.3, 0.4) is 0 Å². The average Bonchev–Trinajstić information content (AvgIpc) is 3.39. The summed E-state index contributed by atoms with van der Waals surface area (Å²) >= 11 is 1.19. The van der Waals surface area contributed by atoms with E-state index in [0.29, 0.717) is 17.1 Å². The average molecular weight is 449 g/mol. The van der Waals surface area contributed by atoms with Crippen LogP contribution < -0.4 is 4.90 Å². The molecular formula is C21H24N2O5S2. The first-order valence-electron chi connectivity index (χ1n) is 9.98. The summed E-state index contributed by atoms with van der Waals surface area (Å²) in [5.74, 6) is -1.06. The van der Waals surface area contributed by atoms with E-state index >= 15 is 0 Å². The summed E-state index contributed by atoms with van der Waals surface area (Å²) in [6, 6.07) is 11.1. The number of anilines is 1. The number of benzene rings is 1. The number of thiophene rings is 1. The molecule has 2 aliphatic heterocycles. The standard InChI is InChI=1S/C21H24N2O5S2/c1-15-13-17-5-2-3-6-18(17)23(15)19(24)14-28-21(25)16-8-10-22(11-9-16)30(26,27)20-7-4-12-29-20/h2-7,12,15-16H,8-11,13-14H2,1H3/t15-/m1/s1. The van der Waals surface area contributed by atoms with Crippen molar-refractivity contribution in [2.45, 2.75) is 36.4 Å². The zero-order valence-corrected chi connectivity index (χ0v) is 18.3. The number of carbonyl (C=O) groups excluding carboxylic acids is 2. The number of fused-ring (bicyclic) bond motifs is 1. The Kier molecular flexibility index (Phi) is 5.95. The van der Waals surface area contributed by atoms with Gasteiger partial charge in [0, 0.05) is 24.8 Å². The molecule has 2 aliphatic rings. The molecule has 0 bridgehead atoms. The molecule has 30 heavy (non-hydrogen) atoms. The zero-order chi connectivity index (χ0) is 21.3. The largest absolute Gasteiger partial charge is 0.455 e. The third-order valence-electron chi connectivity index (χ3n) is 5.69. The van der Waals surface area contributed by atoms with Crippen molar-refractivity contribution in [2.24, 2.45) is 5.92 Å². The molecule has 4 rings (SSSR count). The maximum Gasteiger partial charge on any atom is 0.309 e. The molecule has 0 unspecified atom stereocenters. The minimum atomic E-state index is -3.50. The highest BCUT2D eigenvalue weighted by Crippen LogP contribution is 2.32. The van der Waals surface area contributed by atoms with Crippen LogP contribution >= 0.6 is 11.3 Å². The highest BCUT2D eigenvalue weighted by molar-refractivity contribution is 7.91. The molecule has 1 fully saturated rings. The Morgan fingerprint density at radius 3 is 2.57 bits per heavy atom. The molecule has 9 heteroatoms. The predicted octanol–water partition coefficient (Wildman–Crippen LogP) is 2.67. The topological polar surface area (TPSA) is 84.0 Å². The summed E-state index contributed by atoms with van der Waals surface area (Å²) in [7, 11) is -3.50. The van der Waals surface area contributed by atoms with Crippen molar-refractivity contribution in [2.75, 3.05) is 24.6 Å². The van der Waals surface area contributed by atoms with Crippen LogP contribution in [0.25, 0.3) is 0 Å². The van der Waals surface area contributed by atoms with Crippen LogP contribution in [0.15, 0.2) is 46.0 Å². The van der Waals surface area contributed by atoms with Crippen LogP contribution in [-0.4, -0.2) is 50.3 Å². The third-order valence-corrected chi connectivity index (χ3v) is 8.96. The fraction of sp³-hybridized carbons (Fsp3) is 0.429. The molecule has 1 saturated heterocycles. The Balaban J connectivity index is 1.30. The van der Waals surface area contributed by atoms with Crippen LogP contribution in [0.2, 0.25) is 0 Å². The van der Waals surface area contributed by atoms with Gasteiger partial charge in [-0.25, -0.2) is 8.42 Å². The molecule has 1 amide bonds.